The van der Waals surface area contributed by atoms with E-state index < -0.39 is 0 Å². The zero-order valence-electron chi connectivity index (χ0n) is 13.7. The van der Waals surface area contributed by atoms with Crippen molar-refractivity contribution in [2.75, 3.05) is 5.73 Å². The van der Waals surface area contributed by atoms with E-state index in [0.717, 1.165) is 11.1 Å². The summed E-state index contributed by atoms with van der Waals surface area (Å²) in [6.07, 6.45) is 1.44. The molecule has 2 N–H and O–H groups in total. The fraction of sp³-hybridized carbons (Fsp3) is 0.150. The van der Waals surface area contributed by atoms with Gasteiger partial charge in [-0.25, -0.2) is 14.6 Å². The van der Waals surface area contributed by atoms with Crippen molar-refractivity contribution in [1.82, 2.24) is 19.7 Å². The lowest BCUT2D eigenvalue weighted by Crippen LogP contribution is -2.07. The van der Waals surface area contributed by atoms with Crippen molar-refractivity contribution < 1.29 is 0 Å². The van der Waals surface area contributed by atoms with Crippen LogP contribution >= 0.6 is 23.2 Å². The second kappa shape index (κ2) is 7.94. The van der Waals surface area contributed by atoms with E-state index in [-0.39, 0.29) is 12.8 Å². The largest absolute Gasteiger partial charge is 0.383 e. The quantitative estimate of drug-likeness (QED) is 0.469. The molecule has 0 aliphatic heterocycles. The summed E-state index contributed by atoms with van der Waals surface area (Å²) in [5.74, 6) is 0.386. The van der Waals surface area contributed by atoms with E-state index in [1.165, 1.54) is 6.33 Å². The molecule has 0 spiro atoms. The van der Waals surface area contributed by atoms with Crippen molar-refractivity contribution in [3.63, 3.8) is 0 Å². The molecule has 0 saturated carbocycles. The Labute approximate surface area is 167 Å². The first kappa shape index (κ1) is 19.1. The number of halogens is 2. The zero-order valence-corrected chi connectivity index (χ0v) is 15.2. The van der Waals surface area contributed by atoms with Gasteiger partial charge in [0.15, 0.2) is 5.65 Å². The molecule has 27 heavy (non-hydrogen) atoms. The van der Waals surface area contributed by atoms with Gasteiger partial charge in [0.05, 0.1) is 17.3 Å². The molecule has 0 aliphatic rings. The molecular formula is C20H19Cl2N5. The van der Waals surface area contributed by atoms with Gasteiger partial charge in [-0.2, -0.15) is 5.10 Å². The van der Waals surface area contributed by atoms with Crippen LogP contribution in [0.1, 0.15) is 18.4 Å². The lowest BCUT2D eigenvalue weighted by Gasteiger charge is -2.10. The van der Waals surface area contributed by atoms with Crippen LogP contribution in [-0.4, -0.2) is 19.7 Å². The van der Waals surface area contributed by atoms with Crippen LogP contribution in [0.2, 0.25) is 5.02 Å². The molecule has 0 bridgehead atoms. The second-order valence-electron chi connectivity index (χ2n) is 5.87. The van der Waals surface area contributed by atoms with Gasteiger partial charge in [0.2, 0.25) is 0 Å². The Kier molecular flexibility index (Phi) is 5.63. The number of rotatable bonds is 4. The standard InChI is InChI=1S/C19H15Cl2N5.CH4/c20-14-8-6-13(7-9-14)17-16-18(22)23-11-24-19(16)26(25-17)10-15(21)12-4-2-1-3-5-12;/h1-9,11,15H,10H2,(H2,22,23,24);1H4. The van der Waals surface area contributed by atoms with Crippen molar-refractivity contribution in [3.05, 3.63) is 71.5 Å². The fourth-order valence-corrected chi connectivity index (χ4v) is 3.29. The first-order valence-corrected chi connectivity index (χ1v) is 8.87. The van der Waals surface area contributed by atoms with E-state index in [2.05, 4.69) is 9.97 Å². The van der Waals surface area contributed by atoms with E-state index in [9.17, 15) is 0 Å². The summed E-state index contributed by atoms with van der Waals surface area (Å²) < 4.78 is 1.78. The van der Waals surface area contributed by atoms with E-state index in [1.807, 2.05) is 54.6 Å². The molecule has 0 fully saturated rings. The van der Waals surface area contributed by atoms with Crippen molar-refractivity contribution in [2.24, 2.45) is 0 Å². The molecule has 1 atom stereocenters. The third-order valence-corrected chi connectivity index (χ3v) is 4.81. The Morgan fingerprint density at radius 1 is 1.00 bits per heavy atom. The number of nitrogens with zero attached hydrogens (tertiary/aromatic N) is 4. The van der Waals surface area contributed by atoms with Crippen molar-refractivity contribution in [2.45, 2.75) is 19.3 Å². The molecule has 2 heterocycles. The highest BCUT2D eigenvalue weighted by Crippen LogP contribution is 2.32. The average Bonchev–Trinajstić information content (AvgIpc) is 3.03. The van der Waals surface area contributed by atoms with Gasteiger partial charge in [-0.15, -0.1) is 11.6 Å². The fourth-order valence-electron chi connectivity index (χ4n) is 2.89. The first-order chi connectivity index (χ1) is 12.6. The molecule has 0 saturated heterocycles. The van der Waals surface area contributed by atoms with E-state index in [1.54, 1.807) is 4.68 Å². The smallest absolute Gasteiger partial charge is 0.164 e. The van der Waals surface area contributed by atoms with Gasteiger partial charge in [0, 0.05) is 10.6 Å². The predicted octanol–water partition coefficient (Wildman–Crippen LogP) is 5.35. The Morgan fingerprint density at radius 3 is 2.41 bits per heavy atom. The number of alkyl halides is 1. The van der Waals surface area contributed by atoms with Crippen LogP contribution in [-0.2, 0) is 6.54 Å². The van der Waals surface area contributed by atoms with E-state index >= 15 is 0 Å². The van der Waals surface area contributed by atoms with Gasteiger partial charge in [-0.1, -0.05) is 61.5 Å². The second-order valence-corrected chi connectivity index (χ2v) is 6.84. The van der Waals surface area contributed by atoms with E-state index in [4.69, 9.17) is 34.0 Å². The van der Waals surface area contributed by atoms with Gasteiger partial charge in [0.1, 0.15) is 17.8 Å². The minimum absolute atomic E-state index is 0. The highest BCUT2D eigenvalue weighted by atomic mass is 35.5. The van der Waals surface area contributed by atoms with Crippen LogP contribution in [0.25, 0.3) is 22.3 Å². The molecule has 7 heteroatoms. The summed E-state index contributed by atoms with van der Waals surface area (Å²) in [7, 11) is 0. The molecule has 2 aromatic heterocycles. The van der Waals surface area contributed by atoms with Crippen molar-refractivity contribution in [1.29, 1.82) is 0 Å². The van der Waals surface area contributed by atoms with Gasteiger partial charge < -0.3 is 5.73 Å². The van der Waals surface area contributed by atoms with E-state index in [0.29, 0.717) is 34.1 Å². The molecule has 4 aromatic rings. The first-order valence-electron chi connectivity index (χ1n) is 8.05. The van der Waals surface area contributed by atoms with Crippen LogP contribution in [0.3, 0.4) is 0 Å². The monoisotopic (exact) mass is 399 g/mol. The zero-order chi connectivity index (χ0) is 18.1. The summed E-state index contributed by atoms with van der Waals surface area (Å²) in [6, 6.07) is 17.3. The van der Waals surface area contributed by atoms with Crippen LogP contribution in [0.5, 0.6) is 0 Å². The summed E-state index contributed by atoms with van der Waals surface area (Å²) >= 11 is 12.6. The summed E-state index contributed by atoms with van der Waals surface area (Å²) in [6.45, 7) is 0.464. The topological polar surface area (TPSA) is 69.6 Å². The summed E-state index contributed by atoms with van der Waals surface area (Å²) in [4.78, 5) is 8.49. The number of aromatic nitrogens is 4. The Balaban J connectivity index is 0.00000210. The number of hydrogen-bond acceptors (Lipinski definition) is 4. The normalized spacial score (nSPS) is 11.9. The molecule has 5 nitrogen and oxygen atoms in total. The van der Waals surface area contributed by atoms with Gasteiger partial charge >= 0.3 is 0 Å². The molecule has 0 aliphatic carbocycles. The number of benzene rings is 2. The van der Waals surface area contributed by atoms with Crippen LogP contribution in [0, 0.1) is 0 Å². The van der Waals surface area contributed by atoms with Crippen LogP contribution in [0.15, 0.2) is 60.9 Å². The van der Waals surface area contributed by atoms with Gasteiger partial charge in [-0.3, -0.25) is 0 Å². The molecule has 138 valence electrons. The van der Waals surface area contributed by atoms with Crippen LogP contribution < -0.4 is 5.73 Å². The minimum Gasteiger partial charge on any atom is -0.383 e. The summed E-state index contributed by atoms with van der Waals surface area (Å²) in [5, 5.41) is 5.85. The minimum atomic E-state index is -0.242. The van der Waals surface area contributed by atoms with Crippen molar-refractivity contribution in [3.8, 4) is 11.3 Å². The number of anilines is 1. The third-order valence-electron chi connectivity index (χ3n) is 4.17. The highest BCUT2D eigenvalue weighted by Gasteiger charge is 2.19. The summed E-state index contributed by atoms with van der Waals surface area (Å²) in [5.41, 5.74) is 9.40. The SMILES string of the molecule is C.Nc1ncnc2c1c(-c1ccc(Cl)cc1)nn2CC(Cl)c1ccccc1. The molecular weight excluding hydrogens is 381 g/mol. The maximum absolute atomic E-state index is 6.60. The Morgan fingerprint density at radius 2 is 1.70 bits per heavy atom. The molecule has 2 aromatic carbocycles. The third kappa shape index (κ3) is 3.75. The average molecular weight is 400 g/mol. The number of nitrogen functional groups attached to an aromatic ring is 1. The molecule has 0 amide bonds. The molecule has 4 rings (SSSR count). The van der Waals surface area contributed by atoms with Gasteiger partial charge in [-0.05, 0) is 17.7 Å². The van der Waals surface area contributed by atoms with Crippen molar-refractivity contribution >= 4 is 40.1 Å². The maximum atomic E-state index is 6.60. The maximum Gasteiger partial charge on any atom is 0.164 e. The lowest BCUT2D eigenvalue weighted by molar-refractivity contribution is 0.617. The Hall–Kier alpha value is -2.63. The van der Waals surface area contributed by atoms with Gasteiger partial charge in [0.25, 0.3) is 0 Å². The number of nitrogens with two attached hydrogens (primary N) is 1. The highest BCUT2D eigenvalue weighted by molar-refractivity contribution is 6.30. The number of hydrogen-bond donors (Lipinski definition) is 1. The number of fused-ring (bicyclic) bond motifs is 1. The van der Waals surface area contributed by atoms with Crippen LogP contribution in [0.4, 0.5) is 5.82 Å². The molecule has 0 radical (unpaired) electrons. The molecule has 1 unspecified atom stereocenters. The Bertz CT molecular complexity index is 1050. The lowest BCUT2D eigenvalue weighted by atomic mass is 10.1. The predicted molar refractivity (Wildman–Crippen MR) is 112 cm³/mol.